The number of aromatic nitrogens is 3. The predicted octanol–water partition coefficient (Wildman–Crippen LogP) is 2.81. The number of aliphatic imine (C=N–C) groups is 1. The van der Waals surface area contributed by atoms with Crippen LogP contribution in [0.2, 0.25) is 5.02 Å². The van der Waals surface area contributed by atoms with Gasteiger partial charge in [-0.3, -0.25) is 4.68 Å². The minimum absolute atomic E-state index is 0. The van der Waals surface area contributed by atoms with Crippen LogP contribution in [0.4, 0.5) is 5.69 Å². The third kappa shape index (κ3) is 5.97. The number of nitrogens with one attached hydrogen (secondary N) is 2. The number of hydrogen-bond acceptors (Lipinski definition) is 4. The molecule has 0 spiro atoms. The van der Waals surface area contributed by atoms with Gasteiger partial charge in [0.15, 0.2) is 5.96 Å². The van der Waals surface area contributed by atoms with Gasteiger partial charge in [-0.05, 0) is 31.9 Å². The zero-order chi connectivity index (χ0) is 18.4. The highest BCUT2D eigenvalue weighted by molar-refractivity contribution is 14.0. The maximum Gasteiger partial charge on any atom is 0.191 e. The summed E-state index contributed by atoms with van der Waals surface area (Å²) >= 11 is 6.37. The molecule has 0 radical (unpaired) electrons. The second-order valence-electron chi connectivity index (χ2n) is 6.38. The maximum atomic E-state index is 6.37. The van der Waals surface area contributed by atoms with E-state index in [0.717, 1.165) is 55.0 Å². The van der Waals surface area contributed by atoms with Crippen LogP contribution in [-0.2, 0) is 13.6 Å². The fourth-order valence-corrected chi connectivity index (χ4v) is 3.40. The molecule has 2 heterocycles. The van der Waals surface area contributed by atoms with E-state index in [2.05, 4.69) is 43.6 Å². The summed E-state index contributed by atoms with van der Waals surface area (Å²) in [6, 6.07) is 8.34. The highest BCUT2D eigenvalue weighted by atomic mass is 127. The quantitative estimate of drug-likeness (QED) is 0.373. The van der Waals surface area contributed by atoms with Crippen molar-refractivity contribution in [3.8, 4) is 0 Å². The Kier molecular flexibility index (Phi) is 8.62. The van der Waals surface area contributed by atoms with E-state index in [4.69, 9.17) is 11.6 Å². The van der Waals surface area contributed by atoms with Gasteiger partial charge in [0, 0.05) is 32.7 Å². The summed E-state index contributed by atoms with van der Waals surface area (Å²) in [4.78, 5) is 11.2. The van der Waals surface area contributed by atoms with Crippen LogP contribution in [-0.4, -0.2) is 46.4 Å². The SMILES string of the molecule is CCNC(=NCc1ncnn1C)NC1CCCN(c2ccccc2Cl)C1.I. The number of guanidine groups is 1. The Morgan fingerprint density at radius 3 is 2.89 bits per heavy atom. The molecule has 9 heteroatoms. The summed E-state index contributed by atoms with van der Waals surface area (Å²) in [6.45, 7) is 5.29. The van der Waals surface area contributed by atoms with Gasteiger partial charge in [0.2, 0.25) is 0 Å². The summed E-state index contributed by atoms with van der Waals surface area (Å²) in [7, 11) is 1.88. The molecule has 2 aromatic rings. The number of benzene rings is 1. The molecule has 0 saturated carbocycles. The molecule has 0 bridgehead atoms. The van der Waals surface area contributed by atoms with Crippen molar-refractivity contribution in [3.05, 3.63) is 41.4 Å². The molecule has 7 nitrogen and oxygen atoms in total. The van der Waals surface area contributed by atoms with Crippen molar-refractivity contribution in [1.82, 2.24) is 25.4 Å². The summed E-state index contributed by atoms with van der Waals surface area (Å²) in [5, 5.41) is 11.8. The van der Waals surface area contributed by atoms with Gasteiger partial charge >= 0.3 is 0 Å². The van der Waals surface area contributed by atoms with Crippen molar-refractivity contribution >= 4 is 47.2 Å². The fourth-order valence-electron chi connectivity index (χ4n) is 3.15. The molecule has 27 heavy (non-hydrogen) atoms. The predicted molar refractivity (Wildman–Crippen MR) is 121 cm³/mol. The third-order valence-electron chi connectivity index (χ3n) is 4.48. The van der Waals surface area contributed by atoms with E-state index in [1.165, 1.54) is 0 Å². The van der Waals surface area contributed by atoms with E-state index in [1.807, 2.05) is 25.2 Å². The van der Waals surface area contributed by atoms with Crippen LogP contribution in [0.25, 0.3) is 0 Å². The molecule has 1 fully saturated rings. The van der Waals surface area contributed by atoms with Crippen molar-refractivity contribution in [1.29, 1.82) is 0 Å². The van der Waals surface area contributed by atoms with Gasteiger partial charge in [-0.1, -0.05) is 23.7 Å². The van der Waals surface area contributed by atoms with Crippen molar-refractivity contribution < 1.29 is 0 Å². The Morgan fingerprint density at radius 1 is 1.37 bits per heavy atom. The molecule has 148 valence electrons. The summed E-state index contributed by atoms with van der Waals surface area (Å²) in [6.07, 6.45) is 3.77. The Balaban J connectivity index is 0.00000261. The van der Waals surface area contributed by atoms with Crippen LogP contribution in [0.1, 0.15) is 25.6 Å². The van der Waals surface area contributed by atoms with Crippen molar-refractivity contribution in [2.75, 3.05) is 24.5 Å². The lowest BCUT2D eigenvalue weighted by Gasteiger charge is -2.35. The molecule has 1 unspecified atom stereocenters. The van der Waals surface area contributed by atoms with Gasteiger partial charge in [-0.2, -0.15) is 5.10 Å². The second-order valence-corrected chi connectivity index (χ2v) is 6.78. The van der Waals surface area contributed by atoms with Gasteiger partial charge < -0.3 is 15.5 Å². The molecular formula is C18H27ClIN7. The van der Waals surface area contributed by atoms with E-state index in [0.29, 0.717) is 12.6 Å². The molecule has 0 aliphatic carbocycles. The number of rotatable bonds is 5. The van der Waals surface area contributed by atoms with Gasteiger partial charge in [-0.15, -0.1) is 24.0 Å². The standard InChI is InChI=1S/C18H26ClN7.HI/c1-3-20-18(21-11-17-22-13-23-25(17)2)24-14-7-6-10-26(12-14)16-9-5-4-8-15(16)19;/h4-5,8-9,13-14H,3,6-7,10-12H2,1-2H3,(H2,20,21,24);1H. The van der Waals surface area contributed by atoms with Gasteiger partial charge in [0.25, 0.3) is 0 Å². The zero-order valence-electron chi connectivity index (χ0n) is 15.7. The van der Waals surface area contributed by atoms with Gasteiger partial charge in [0.1, 0.15) is 18.7 Å². The molecule has 1 aliphatic rings. The number of aryl methyl sites for hydroxylation is 1. The van der Waals surface area contributed by atoms with Crippen LogP contribution >= 0.6 is 35.6 Å². The maximum absolute atomic E-state index is 6.37. The first-order valence-electron chi connectivity index (χ1n) is 9.04. The molecular weight excluding hydrogens is 477 g/mol. The average Bonchev–Trinajstić information content (AvgIpc) is 3.05. The summed E-state index contributed by atoms with van der Waals surface area (Å²) in [5.74, 6) is 1.64. The van der Waals surface area contributed by atoms with Crippen LogP contribution < -0.4 is 15.5 Å². The summed E-state index contributed by atoms with van der Waals surface area (Å²) in [5.41, 5.74) is 1.10. The van der Waals surface area contributed by atoms with E-state index in [1.54, 1.807) is 11.0 Å². The highest BCUT2D eigenvalue weighted by Crippen LogP contribution is 2.27. The molecule has 1 aromatic carbocycles. The molecule has 3 rings (SSSR count). The van der Waals surface area contributed by atoms with E-state index in [9.17, 15) is 0 Å². The monoisotopic (exact) mass is 503 g/mol. The normalized spacial score (nSPS) is 17.4. The number of para-hydroxylation sites is 1. The van der Waals surface area contributed by atoms with Crippen LogP contribution in [0.5, 0.6) is 0 Å². The molecule has 1 saturated heterocycles. The highest BCUT2D eigenvalue weighted by Gasteiger charge is 2.22. The molecule has 1 aliphatic heterocycles. The largest absolute Gasteiger partial charge is 0.368 e. The lowest BCUT2D eigenvalue weighted by Crippen LogP contribution is -2.51. The third-order valence-corrected chi connectivity index (χ3v) is 4.80. The first-order valence-corrected chi connectivity index (χ1v) is 9.42. The van der Waals surface area contributed by atoms with Crippen LogP contribution in [0.15, 0.2) is 35.6 Å². The zero-order valence-corrected chi connectivity index (χ0v) is 18.8. The molecule has 0 amide bonds. The van der Waals surface area contributed by atoms with Crippen molar-refractivity contribution in [2.45, 2.75) is 32.4 Å². The minimum Gasteiger partial charge on any atom is -0.368 e. The lowest BCUT2D eigenvalue weighted by molar-refractivity contribution is 0.468. The first-order chi connectivity index (χ1) is 12.7. The number of piperidine rings is 1. The number of halogens is 2. The lowest BCUT2D eigenvalue weighted by atomic mass is 10.0. The number of anilines is 1. The minimum atomic E-state index is 0. The topological polar surface area (TPSA) is 70.4 Å². The Hall–Kier alpha value is -1.55. The Labute approximate surface area is 182 Å². The Bertz CT molecular complexity index is 749. The van der Waals surface area contributed by atoms with E-state index < -0.39 is 0 Å². The van der Waals surface area contributed by atoms with E-state index in [-0.39, 0.29) is 24.0 Å². The van der Waals surface area contributed by atoms with Crippen molar-refractivity contribution in [2.24, 2.45) is 12.0 Å². The second kappa shape index (κ2) is 10.7. The average molecular weight is 504 g/mol. The number of hydrogen-bond donors (Lipinski definition) is 2. The molecule has 1 atom stereocenters. The molecule has 1 aromatic heterocycles. The van der Waals surface area contributed by atoms with E-state index >= 15 is 0 Å². The molecule has 2 N–H and O–H groups in total. The Morgan fingerprint density at radius 2 is 2.19 bits per heavy atom. The van der Waals surface area contributed by atoms with Crippen LogP contribution in [0.3, 0.4) is 0 Å². The van der Waals surface area contributed by atoms with Crippen LogP contribution in [0, 0.1) is 0 Å². The van der Waals surface area contributed by atoms with Gasteiger partial charge in [-0.25, -0.2) is 9.98 Å². The summed E-state index contributed by atoms with van der Waals surface area (Å²) < 4.78 is 1.74. The van der Waals surface area contributed by atoms with Crippen molar-refractivity contribution in [3.63, 3.8) is 0 Å². The smallest absolute Gasteiger partial charge is 0.191 e. The number of nitrogens with zero attached hydrogens (tertiary/aromatic N) is 5. The first kappa shape index (κ1) is 21.7. The fraction of sp³-hybridized carbons (Fsp3) is 0.500. The van der Waals surface area contributed by atoms with Gasteiger partial charge in [0.05, 0.1) is 10.7 Å².